The van der Waals surface area contributed by atoms with E-state index < -0.39 is 5.60 Å². The van der Waals surface area contributed by atoms with E-state index in [2.05, 4.69) is 14.9 Å². The largest absolute Gasteiger partial charge is 0.387 e. The predicted octanol–water partition coefficient (Wildman–Crippen LogP) is 0.941. The molecular weight excluding hydrogens is 262 g/mol. The van der Waals surface area contributed by atoms with Gasteiger partial charge in [-0.1, -0.05) is 0 Å². The van der Waals surface area contributed by atoms with E-state index in [0.717, 1.165) is 18.4 Å². The number of thiophene rings is 1. The Kier molecular flexibility index (Phi) is 2.36. The zero-order valence-corrected chi connectivity index (χ0v) is 11.2. The number of likely N-dealkylation sites (tertiary alicyclic amines) is 1. The first-order chi connectivity index (χ1) is 9.14. The zero-order valence-electron chi connectivity index (χ0n) is 10.4. The number of aromatic nitrogens is 2. The molecule has 2 fully saturated rings. The van der Waals surface area contributed by atoms with Crippen molar-refractivity contribution >= 4 is 21.6 Å². The smallest absolute Gasteiger partial charge is 0.268 e. The van der Waals surface area contributed by atoms with E-state index in [9.17, 15) is 9.90 Å². The first kappa shape index (κ1) is 11.6. The Bertz CT molecular complexity index is 682. The van der Waals surface area contributed by atoms with E-state index in [4.69, 9.17) is 0 Å². The average Bonchev–Trinajstić information content (AvgIpc) is 3.07. The lowest BCUT2D eigenvalue weighted by atomic mass is 9.89. The van der Waals surface area contributed by atoms with Gasteiger partial charge < -0.3 is 10.1 Å². The van der Waals surface area contributed by atoms with E-state index in [-0.39, 0.29) is 5.56 Å². The Morgan fingerprint density at radius 2 is 2.32 bits per heavy atom. The first-order valence-electron chi connectivity index (χ1n) is 6.55. The van der Waals surface area contributed by atoms with Crippen LogP contribution in [0.25, 0.3) is 10.2 Å². The summed E-state index contributed by atoms with van der Waals surface area (Å²) in [5, 5.41) is 12.1. The molecule has 2 aromatic heterocycles. The third-order valence-corrected chi connectivity index (χ3v) is 4.97. The molecule has 1 aliphatic heterocycles. The summed E-state index contributed by atoms with van der Waals surface area (Å²) < 4.78 is 0.682. The number of hydrogen-bond donors (Lipinski definition) is 2. The third-order valence-electron chi connectivity index (χ3n) is 4.07. The molecule has 0 bridgehead atoms. The van der Waals surface area contributed by atoms with Crippen molar-refractivity contribution in [3.63, 3.8) is 0 Å². The summed E-state index contributed by atoms with van der Waals surface area (Å²) in [6, 6.07) is 1.87. The van der Waals surface area contributed by atoms with Crippen molar-refractivity contribution in [3.05, 3.63) is 27.6 Å². The van der Waals surface area contributed by atoms with Gasteiger partial charge in [0, 0.05) is 13.1 Å². The molecular formula is C13H15N3O2S. The van der Waals surface area contributed by atoms with Gasteiger partial charge in [0.25, 0.3) is 5.56 Å². The van der Waals surface area contributed by atoms with Crippen LogP contribution in [0.5, 0.6) is 0 Å². The van der Waals surface area contributed by atoms with Crippen molar-refractivity contribution in [3.8, 4) is 0 Å². The number of rotatable bonds is 3. The highest BCUT2D eigenvalue weighted by molar-refractivity contribution is 7.17. The van der Waals surface area contributed by atoms with Crippen LogP contribution in [0.15, 0.2) is 16.2 Å². The summed E-state index contributed by atoms with van der Waals surface area (Å²) in [4.78, 5) is 21.3. The van der Waals surface area contributed by atoms with Gasteiger partial charge in [0.2, 0.25) is 0 Å². The minimum absolute atomic E-state index is 0.0621. The highest BCUT2D eigenvalue weighted by Crippen LogP contribution is 2.44. The van der Waals surface area contributed by atoms with Crippen LogP contribution in [0.1, 0.15) is 18.7 Å². The number of aliphatic hydroxyl groups is 1. The minimum atomic E-state index is -0.479. The van der Waals surface area contributed by atoms with Crippen molar-refractivity contribution in [1.82, 2.24) is 14.9 Å². The number of hydrogen-bond acceptors (Lipinski definition) is 5. The van der Waals surface area contributed by atoms with Crippen LogP contribution in [0.4, 0.5) is 0 Å². The van der Waals surface area contributed by atoms with Crippen molar-refractivity contribution in [1.29, 1.82) is 0 Å². The fraction of sp³-hybridized carbons (Fsp3) is 0.538. The molecule has 0 radical (unpaired) electrons. The summed E-state index contributed by atoms with van der Waals surface area (Å²) in [6.45, 7) is 2.00. The topological polar surface area (TPSA) is 69.2 Å². The van der Waals surface area contributed by atoms with Crippen molar-refractivity contribution in [2.24, 2.45) is 5.92 Å². The van der Waals surface area contributed by atoms with Gasteiger partial charge >= 0.3 is 0 Å². The van der Waals surface area contributed by atoms with Crippen molar-refractivity contribution < 1.29 is 5.11 Å². The molecule has 100 valence electrons. The monoisotopic (exact) mass is 277 g/mol. The maximum absolute atomic E-state index is 11.8. The summed E-state index contributed by atoms with van der Waals surface area (Å²) in [5.41, 5.74) is 0.224. The van der Waals surface area contributed by atoms with Crippen LogP contribution in [-0.4, -0.2) is 38.7 Å². The Morgan fingerprint density at radius 1 is 1.53 bits per heavy atom. The number of aromatic amines is 1. The van der Waals surface area contributed by atoms with Gasteiger partial charge in [-0.05, 0) is 30.2 Å². The summed E-state index contributed by atoms with van der Waals surface area (Å²) in [7, 11) is 0. The minimum Gasteiger partial charge on any atom is -0.387 e. The molecule has 3 heterocycles. The Morgan fingerprint density at radius 3 is 3.05 bits per heavy atom. The number of nitrogens with zero attached hydrogens (tertiary/aromatic N) is 2. The van der Waals surface area contributed by atoms with Crippen LogP contribution >= 0.6 is 11.3 Å². The molecule has 0 aromatic carbocycles. The van der Waals surface area contributed by atoms with E-state index in [1.54, 1.807) is 0 Å². The number of fused-ring (bicyclic) bond motifs is 1. The highest BCUT2D eigenvalue weighted by Gasteiger charge is 2.51. The summed E-state index contributed by atoms with van der Waals surface area (Å²) in [6.07, 6.45) is 2.31. The molecule has 0 unspecified atom stereocenters. The summed E-state index contributed by atoms with van der Waals surface area (Å²) in [5.74, 6) is 1.18. The highest BCUT2D eigenvalue weighted by atomic mass is 32.1. The lowest BCUT2D eigenvalue weighted by molar-refractivity contribution is -0.117. The fourth-order valence-electron chi connectivity index (χ4n) is 2.93. The molecule has 2 aliphatic rings. The van der Waals surface area contributed by atoms with Gasteiger partial charge in [0.1, 0.15) is 10.5 Å². The van der Waals surface area contributed by atoms with E-state index in [1.807, 2.05) is 11.4 Å². The van der Waals surface area contributed by atoms with Gasteiger partial charge in [-0.15, -0.1) is 11.3 Å². The molecule has 6 heteroatoms. The molecule has 1 saturated heterocycles. The number of H-pyrrole nitrogens is 1. The maximum atomic E-state index is 11.8. The first-order valence-corrected chi connectivity index (χ1v) is 7.43. The molecule has 0 atom stereocenters. The van der Waals surface area contributed by atoms with Gasteiger partial charge in [0.05, 0.1) is 17.7 Å². The molecule has 4 rings (SSSR count). The van der Waals surface area contributed by atoms with Crippen LogP contribution in [-0.2, 0) is 6.54 Å². The van der Waals surface area contributed by atoms with E-state index in [1.165, 1.54) is 11.3 Å². The predicted molar refractivity (Wildman–Crippen MR) is 73.2 cm³/mol. The van der Waals surface area contributed by atoms with Crippen LogP contribution in [0.3, 0.4) is 0 Å². The van der Waals surface area contributed by atoms with Gasteiger partial charge in [0.15, 0.2) is 0 Å². The van der Waals surface area contributed by atoms with Crippen LogP contribution < -0.4 is 5.56 Å². The second-order valence-corrected chi connectivity index (χ2v) is 6.59. The number of nitrogens with one attached hydrogen (secondary N) is 1. The lowest BCUT2D eigenvalue weighted by Gasteiger charge is -2.46. The zero-order chi connectivity index (χ0) is 13.0. The molecule has 0 spiro atoms. The SMILES string of the molecule is O=c1[nH]c(CN2CC(O)(C3CC3)C2)nc2ccsc12. The quantitative estimate of drug-likeness (QED) is 0.876. The maximum Gasteiger partial charge on any atom is 0.268 e. The van der Waals surface area contributed by atoms with E-state index in [0.29, 0.717) is 36.1 Å². The molecule has 19 heavy (non-hydrogen) atoms. The Hall–Kier alpha value is -1.24. The molecule has 0 amide bonds. The summed E-state index contributed by atoms with van der Waals surface area (Å²) >= 11 is 1.41. The molecule has 2 aromatic rings. The van der Waals surface area contributed by atoms with Gasteiger partial charge in [-0.2, -0.15) is 0 Å². The van der Waals surface area contributed by atoms with Crippen molar-refractivity contribution in [2.45, 2.75) is 25.0 Å². The Labute approximate surface area is 113 Å². The number of β-amino-alcohol motifs (C(OH)–C–C–N with tert-alkyl or cyclic N) is 1. The van der Waals surface area contributed by atoms with Crippen LogP contribution in [0.2, 0.25) is 0 Å². The van der Waals surface area contributed by atoms with Gasteiger partial charge in [-0.3, -0.25) is 9.69 Å². The standard InChI is InChI=1S/C13H15N3O2S/c17-12-11-9(3-4-19-11)14-10(15-12)5-16-6-13(18,7-16)8-1-2-8/h3-4,8,18H,1-2,5-7H2,(H,14,15,17). The average molecular weight is 277 g/mol. The molecule has 2 N–H and O–H groups in total. The molecule has 1 saturated carbocycles. The second kappa shape index (κ2) is 3.88. The second-order valence-electron chi connectivity index (χ2n) is 5.67. The van der Waals surface area contributed by atoms with Gasteiger partial charge in [-0.25, -0.2) is 4.98 Å². The third kappa shape index (κ3) is 1.91. The fourth-order valence-corrected chi connectivity index (χ4v) is 3.65. The molecule has 1 aliphatic carbocycles. The lowest BCUT2D eigenvalue weighted by Crippen LogP contribution is -2.62. The Balaban J connectivity index is 1.51. The molecule has 5 nitrogen and oxygen atoms in total. The van der Waals surface area contributed by atoms with Crippen LogP contribution in [0, 0.1) is 5.92 Å². The van der Waals surface area contributed by atoms with Crippen molar-refractivity contribution in [2.75, 3.05) is 13.1 Å². The normalized spacial score (nSPS) is 22.6. The van der Waals surface area contributed by atoms with E-state index >= 15 is 0 Å².